The average molecular weight is 572 g/mol. The molecule has 2 bridgehead atoms. The molecule has 0 radical (unpaired) electrons. The summed E-state index contributed by atoms with van der Waals surface area (Å²) in [5.74, 6) is -2.40. The summed E-state index contributed by atoms with van der Waals surface area (Å²) in [4.78, 5) is 48.1. The number of benzene rings is 1. The van der Waals surface area contributed by atoms with Gasteiger partial charge in [-0.3, -0.25) is 14.4 Å². The molecular weight excluding hydrogens is 530 g/mol. The summed E-state index contributed by atoms with van der Waals surface area (Å²) >= 11 is 6.62. The van der Waals surface area contributed by atoms with Gasteiger partial charge in [-0.25, -0.2) is 0 Å². The van der Waals surface area contributed by atoms with Gasteiger partial charge in [0.15, 0.2) is 0 Å². The Morgan fingerprint density at radius 3 is 2.50 bits per heavy atom. The van der Waals surface area contributed by atoms with Crippen LogP contribution in [0.3, 0.4) is 0 Å². The number of anilines is 1. The van der Waals surface area contributed by atoms with Crippen LogP contribution in [0.2, 0.25) is 5.02 Å². The first-order chi connectivity index (χ1) is 19.1. The summed E-state index contributed by atoms with van der Waals surface area (Å²) in [6.07, 6.45) is 5.51. The van der Waals surface area contributed by atoms with E-state index < -0.39 is 35.1 Å². The number of carbonyl (C=O) groups excluding carboxylic acids is 3. The summed E-state index contributed by atoms with van der Waals surface area (Å²) in [6, 6.07) is 3.79. The van der Waals surface area contributed by atoms with Gasteiger partial charge in [-0.2, -0.15) is 0 Å². The Balaban J connectivity index is 1.87. The zero-order chi connectivity index (χ0) is 29.4. The number of ether oxygens (including phenoxy) is 1. The lowest BCUT2D eigenvalue weighted by molar-refractivity contribution is -0.152. The Hall–Kier alpha value is -2.68. The van der Waals surface area contributed by atoms with Gasteiger partial charge < -0.3 is 24.5 Å². The van der Waals surface area contributed by atoms with Crippen LogP contribution in [0, 0.1) is 18.8 Å². The number of rotatable bonds is 12. The second-order valence-electron chi connectivity index (χ2n) is 11.4. The van der Waals surface area contributed by atoms with Gasteiger partial charge in [-0.15, -0.1) is 13.2 Å². The van der Waals surface area contributed by atoms with Crippen LogP contribution in [0.25, 0.3) is 0 Å². The molecule has 0 aliphatic carbocycles. The van der Waals surface area contributed by atoms with Gasteiger partial charge in [-0.1, -0.05) is 49.7 Å². The van der Waals surface area contributed by atoms with Crippen LogP contribution < -0.4 is 4.90 Å². The van der Waals surface area contributed by atoms with Crippen molar-refractivity contribution < 1.29 is 24.2 Å². The maximum atomic E-state index is 14.7. The van der Waals surface area contributed by atoms with E-state index in [9.17, 15) is 19.5 Å². The first-order valence-corrected chi connectivity index (χ1v) is 14.6. The van der Waals surface area contributed by atoms with Crippen molar-refractivity contribution in [3.63, 3.8) is 0 Å². The zero-order valence-corrected chi connectivity index (χ0v) is 24.8. The monoisotopic (exact) mass is 571 g/mol. The van der Waals surface area contributed by atoms with Crippen molar-refractivity contribution in [1.29, 1.82) is 0 Å². The molecule has 3 heterocycles. The number of aryl methyl sites for hydroxylation is 1. The van der Waals surface area contributed by atoms with E-state index in [0.29, 0.717) is 43.1 Å². The van der Waals surface area contributed by atoms with E-state index in [1.54, 1.807) is 28.0 Å². The topological polar surface area (TPSA) is 90.4 Å². The van der Waals surface area contributed by atoms with Gasteiger partial charge in [0.1, 0.15) is 11.6 Å². The number of fused-ring (bicyclic) bond motifs is 1. The number of aliphatic hydroxyl groups is 1. The van der Waals surface area contributed by atoms with E-state index in [1.807, 2.05) is 39.8 Å². The SMILES string of the molecule is C=CCN(CCC)C(=O)[C@@H]1[C@H]2C(=O)N([C@@H](CC)CO)C(C(=O)N(CC=C)c3c(C)cccc3Cl)C23CC[C@@]1(C)O3. The molecule has 3 fully saturated rings. The largest absolute Gasteiger partial charge is 0.394 e. The van der Waals surface area contributed by atoms with Crippen LogP contribution in [0.1, 0.15) is 52.0 Å². The highest BCUT2D eigenvalue weighted by Crippen LogP contribution is 2.64. The summed E-state index contributed by atoms with van der Waals surface area (Å²) in [5, 5.41) is 10.8. The van der Waals surface area contributed by atoms with E-state index in [0.717, 1.165) is 12.0 Å². The normalized spacial score (nSPS) is 29.3. The lowest BCUT2D eigenvalue weighted by atomic mass is 9.66. The quantitative estimate of drug-likeness (QED) is 0.381. The summed E-state index contributed by atoms with van der Waals surface area (Å²) in [6.45, 7) is 16.1. The highest BCUT2D eigenvalue weighted by molar-refractivity contribution is 6.34. The molecule has 1 aromatic carbocycles. The number of carbonyl (C=O) groups is 3. The first-order valence-electron chi connectivity index (χ1n) is 14.3. The van der Waals surface area contributed by atoms with Crippen molar-refractivity contribution in [2.75, 3.05) is 31.1 Å². The number of halogens is 1. The van der Waals surface area contributed by atoms with Gasteiger partial charge in [0, 0.05) is 19.6 Å². The highest BCUT2D eigenvalue weighted by atomic mass is 35.5. The molecule has 0 aromatic heterocycles. The van der Waals surface area contributed by atoms with Gasteiger partial charge in [0.2, 0.25) is 11.8 Å². The molecular formula is C31H42ClN3O5. The fourth-order valence-electron chi connectivity index (χ4n) is 7.27. The van der Waals surface area contributed by atoms with Crippen LogP contribution in [0.15, 0.2) is 43.5 Å². The first kappa shape index (κ1) is 30.3. The fraction of sp³-hybridized carbons (Fsp3) is 0.581. The molecule has 40 heavy (non-hydrogen) atoms. The molecule has 1 aromatic rings. The van der Waals surface area contributed by atoms with Crippen LogP contribution >= 0.6 is 11.6 Å². The van der Waals surface area contributed by atoms with Crippen LogP contribution in [0.4, 0.5) is 5.69 Å². The van der Waals surface area contributed by atoms with Crippen LogP contribution in [-0.2, 0) is 19.1 Å². The second-order valence-corrected chi connectivity index (χ2v) is 11.8. The highest BCUT2D eigenvalue weighted by Gasteiger charge is 2.78. The minimum absolute atomic E-state index is 0.154. The van der Waals surface area contributed by atoms with Gasteiger partial charge in [0.05, 0.1) is 40.8 Å². The number of hydrogen-bond acceptors (Lipinski definition) is 5. The summed E-state index contributed by atoms with van der Waals surface area (Å²) in [5.41, 5.74) is -0.741. The standard InChI is InChI=1S/C31H42ClN3O5/c1-7-16-33(17-8-2)27(37)23-24-28(38)35(21(10-4)19-36)26(31(24)15-14-30(23,6)40-31)29(39)34(18-9-3)25-20(5)12-11-13-22(25)32/h7,9,11-13,21,23-24,26,36H,1,3,8,10,14-19H2,2,4-6H3/t21-,23-,24-,26?,30+,31?/m0/s1. The minimum Gasteiger partial charge on any atom is -0.394 e. The zero-order valence-electron chi connectivity index (χ0n) is 24.1. The molecule has 6 atom stereocenters. The van der Waals surface area contributed by atoms with Gasteiger partial charge >= 0.3 is 0 Å². The van der Waals surface area contributed by atoms with Crippen LogP contribution in [0.5, 0.6) is 0 Å². The fourth-order valence-corrected chi connectivity index (χ4v) is 7.60. The third kappa shape index (κ3) is 4.58. The maximum absolute atomic E-state index is 14.7. The molecule has 1 spiro atoms. The molecule has 2 unspecified atom stereocenters. The Morgan fingerprint density at radius 1 is 1.23 bits per heavy atom. The molecule has 3 saturated heterocycles. The second kappa shape index (κ2) is 11.7. The Kier molecular flexibility index (Phi) is 8.83. The van der Waals surface area contributed by atoms with Crippen molar-refractivity contribution in [2.24, 2.45) is 11.8 Å². The van der Waals surface area contributed by atoms with Crippen molar-refractivity contribution in [1.82, 2.24) is 9.80 Å². The van der Waals surface area contributed by atoms with E-state index in [-0.39, 0.29) is 30.9 Å². The molecule has 8 nitrogen and oxygen atoms in total. The smallest absolute Gasteiger partial charge is 0.253 e. The lowest BCUT2D eigenvalue weighted by Crippen LogP contribution is -2.59. The number of likely N-dealkylation sites (tertiary alicyclic amines) is 1. The van der Waals surface area contributed by atoms with Crippen molar-refractivity contribution >= 4 is 35.0 Å². The Morgan fingerprint density at radius 2 is 1.93 bits per heavy atom. The minimum atomic E-state index is -1.20. The number of amides is 3. The molecule has 218 valence electrons. The third-order valence-electron chi connectivity index (χ3n) is 8.98. The van der Waals surface area contributed by atoms with Crippen molar-refractivity contribution in [3.05, 3.63) is 54.1 Å². The maximum Gasteiger partial charge on any atom is 0.253 e. The predicted molar refractivity (Wildman–Crippen MR) is 156 cm³/mol. The molecule has 4 rings (SSSR count). The van der Waals surface area contributed by atoms with E-state index in [1.165, 1.54) is 4.90 Å². The molecule has 0 saturated carbocycles. The number of para-hydroxylation sites is 1. The van der Waals surface area contributed by atoms with E-state index >= 15 is 0 Å². The van der Waals surface area contributed by atoms with E-state index in [4.69, 9.17) is 16.3 Å². The van der Waals surface area contributed by atoms with Gasteiger partial charge in [0.25, 0.3) is 5.91 Å². The van der Waals surface area contributed by atoms with Crippen molar-refractivity contribution in [2.45, 2.75) is 76.7 Å². The van der Waals surface area contributed by atoms with Crippen molar-refractivity contribution in [3.8, 4) is 0 Å². The Bertz CT molecular complexity index is 1170. The molecule has 9 heteroatoms. The summed E-state index contributed by atoms with van der Waals surface area (Å²) in [7, 11) is 0. The summed E-state index contributed by atoms with van der Waals surface area (Å²) < 4.78 is 6.79. The average Bonchev–Trinajstić information content (AvgIpc) is 3.49. The Labute approximate surface area is 242 Å². The molecule has 3 aliphatic rings. The molecule has 3 amide bonds. The predicted octanol–water partition coefficient (Wildman–Crippen LogP) is 4.13. The number of nitrogens with zero attached hydrogens (tertiary/aromatic N) is 3. The molecule has 3 aliphatic heterocycles. The third-order valence-corrected chi connectivity index (χ3v) is 9.29. The van der Waals surface area contributed by atoms with E-state index in [2.05, 4.69) is 13.2 Å². The van der Waals surface area contributed by atoms with Crippen LogP contribution in [-0.4, -0.2) is 82.2 Å². The lowest BCUT2D eigenvalue weighted by Gasteiger charge is -2.39. The number of aliphatic hydroxyl groups excluding tert-OH is 1. The molecule has 1 N–H and O–H groups in total. The van der Waals surface area contributed by atoms with Gasteiger partial charge in [-0.05, 0) is 51.2 Å². The number of hydrogen-bond donors (Lipinski definition) is 1.